The van der Waals surface area contributed by atoms with Gasteiger partial charge >= 0.3 is 0 Å². The molecule has 0 radical (unpaired) electrons. The molecule has 0 bridgehead atoms. The highest BCUT2D eigenvalue weighted by Gasteiger charge is 2.39. The fraction of sp³-hybridized carbons (Fsp3) is 0.500. The van der Waals surface area contributed by atoms with Gasteiger partial charge in [0.2, 0.25) is 0 Å². The predicted octanol–water partition coefficient (Wildman–Crippen LogP) is 3.11. The highest BCUT2D eigenvalue weighted by atomic mass is 32.1. The number of fused-ring (bicyclic) bond motifs is 1. The van der Waals surface area contributed by atoms with Gasteiger partial charge in [0.1, 0.15) is 11.5 Å². The molecule has 22 heavy (non-hydrogen) atoms. The lowest BCUT2D eigenvalue weighted by Crippen LogP contribution is -2.51. The molecule has 2 aromatic rings. The Bertz CT molecular complexity index is 693. The van der Waals surface area contributed by atoms with Gasteiger partial charge in [-0.2, -0.15) is 0 Å². The van der Waals surface area contributed by atoms with Gasteiger partial charge in [0.25, 0.3) is 5.91 Å². The van der Waals surface area contributed by atoms with E-state index < -0.39 is 0 Å². The van der Waals surface area contributed by atoms with Crippen molar-refractivity contribution in [3.05, 3.63) is 29.0 Å². The van der Waals surface area contributed by atoms with Crippen LogP contribution in [0.4, 0.5) is 0 Å². The third-order valence-corrected chi connectivity index (χ3v) is 5.27. The second-order valence-electron chi connectivity index (χ2n) is 5.85. The van der Waals surface area contributed by atoms with Crippen LogP contribution in [0.2, 0.25) is 0 Å². The Balaban J connectivity index is 1.56. The molecular weight excluding hydrogens is 300 g/mol. The Morgan fingerprint density at radius 2 is 2.32 bits per heavy atom. The van der Waals surface area contributed by atoms with Crippen LogP contribution < -0.4 is 0 Å². The van der Waals surface area contributed by atoms with Crippen LogP contribution in [0.25, 0.3) is 10.8 Å². The number of hydrogen-bond acceptors (Lipinski definition) is 5. The summed E-state index contributed by atoms with van der Waals surface area (Å²) < 4.78 is 11.3. The molecule has 2 atom stereocenters. The molecule has 2 fully saturated rings. The van der Waals surface area contributed by atoms with Gasteiger partial charge in [0.15, 0.2) is 10.8 Å². The first-order valence-corrected chi connectivity index (χ1v) is 8.55. The summed E-state index contributed by atoms with van der Waals surface area (Å²) in [7, 11) is 0. The monoisotopic (exact) mass is 318 g/mol. The van der Waals surface area contributed by atoms with Gasteiger partial charge in [-0.1, -0.05) is 0 Å². The number of morpholine rings is 1. The summed E-state index contributed by atoms with van der Waals surface area (Å²) in [4.78, 5) is 19.2. The third-order valence-electron chi connectivity index (χ3n) is 4.42. The Morgan fingerprint density at radius 1 is 1.41 bits per heavy atom. The highest BCUT2D eigenvalue weighted by molar-refractivity contribution is 7.13. The van der Waals surface area contributed by atoms with Crippen molar-refractivity contribution < 1.29 is 13.9 Å². The molecule has 5 nitrogen and oxygen atoms in total. The first-order chi connectivity index (χ1) is 10.7. The molecule has 1 saturated heterocycles. The molecule has 2 aromatic heterocycles. The van der Waals surface area contributed by atoms with E-state index in [9.17, 15) is 4.79 Å². The lowest BCUT2D eigenvalue weighted by atomic mass is 10.1. The standard InChI is InChI=1S/C16H18N2O3S/c1-10-5-6-14(21-10)15-17-11(9-22-15)16(19)18-7-8-20-13-4-2-3-12(13)18/h5-6,9,12-13H,2-4,7-8H2,1H3. The minimum absolute atomic E-state index is 0.0194. The number of nitrogens with zero attached hydrogens (tertiary/aromatic N) is 2. The van der Waals surface area contributed by atoms with Crippen molar-refractivity contribution in [2.24, 2.45) is 0 Å². The second-order valence-corrected chi connectivity index (χ2v) is 6.71. The molecule has 2 unspecified atom stereocenters. The number of rotatable bonds is 2. The summed E-state index contributed by atoms with van der Waals surface area (Å²) in [6.07, 6.45) is 3.43. The summed E-state index contributed by atoms with van der Waals surface area (Å²) in [6.45, 7) is 3.19. The number of amides is 1. The van der Waals surface area contributed by atoms with E-state index in [4.69, 9.17) is 9.15 Å². The molecule has 4 rings (SSSR count). The molecule has 0 N–H and O–H groups in total. The first kappa shape index (κ1) is 14.0. The lowest BCUT2D eigenvalue weighted by Gasteiger charge is -2.37. The Hall–Kier alpha value is -1.66. The molecule has 0 spiro atoms. The second kappa shape index (κ2) is 5.52. The van der Waals surface area contributed by atoms with Gasteiger partial charge in [0.05, 0.1) is 18.8 Å². The fourth-order valence-corrected chi connectivity index (χ4v) is 4.11. The molecule has 1 amide bonds. The molecule has 116 valence electrons. The molecule has 1 aliphatic heterocycles. The van der Waals surface area contributed by atoms with Gasteiger partial charge < -0.3 is 14.1 Å². The molecule has 3 heterocycles. The van der Waals surface area contributed by atoms with Crippen LogP contribution in [0.5, 0.6) is 0 Å². The summed E-state index contributed by atoms with van der Waals surface area (Å²) in [6, 6.07) is 4.02. The highest BCUT2D eigenvalue weighted by Crippen LogP contribution is 2.32. The Kier molecular flexibility index (Phi) is 3.50. The van der Waals surface area contributed by atoms with Crippen LogP contribution in [0.15, 0.2) is 21.9 Å². The Morgan fingerprint density at radius 3 is 3.14 bits per heavy atom. The van der Waals surface area contributed by atoms with E-state index in [1.807, 2.05) is 29.3 Å². The molecule has 1 aliphatic carbocycles. The number of aryl methyl sites for hydroxylation is 1. The number of furan rings is 1. The zero-order valence-corrected chi connectivity index (χ0v) is 13.3. The average Bonchev–Trinajstić information content (AvgIpc) is 3.25. The summed E-state index contributed by atoms with van der Waals surface area (Å²) in [5.41, 5.74) is 0.515. The fourth-order valence-electron chi connectivity index (χ4n) is 3.36. The average molecular weight is 318 g/mol. The SMILES string of the molecule is Cc1ccc(-c2nc(C(=O)N3CCOC4CCCC43)cs2)o1. The molecular formula is C16H18N2O3S. The number of thiazole rings is 1. The molecule has 1 saturated carbocycles. The van der Waals surface area contributed by atoms with Crippen LogP contribution in [-0.2, 0) is 4.74 Å². The van der Waals surface area contributed by atoms with E-state index in [1.54, 1.807) is 0 Å². The van der Waals surface area contributed by atoms with E-state index in [1.165, 1.54) is 11.3 Å². The van der Waals surface area contributed by atoms with E-state index in [-0.39, 0.29) is 18.1 Å². The van der Waals surface area contributed by atoms with Crippen molar-refractivity contribution in [2.75, 3.05) is 13.2 Å². The minimum Gasteiger partial charge on any atom is -0.459 e. The number of hydrogen-bond donors (Lipinski definition) is 0. The van der Waals surface area contributed by atoms with E-state index in [2.05, 4.69) is 4.98 Å². The molecule has 6 heteroatoms. The van der Waals surface area contributed by atoms with E-state index in [0.29, 0.717) is 18.8 Å². The van der Waals surface area contributed by atoms with Gasteiger partial charge in [-0.05, 0) is 38.3 Å². The number of carbonyl (C=O) groups excluding carboxylic acids is 1. The zero-order valence-electron chi connectivity index (χ0n) is 12.4. The van der Waals surface area contributed by atoms with Crippen LogP contribution in [0.3, 0.4) is 0 Å². The maximum atomic E-state index is 12.8. The van der Waals surface area contributed by atoms with Crippen molar-refractivity contribution in [3.8, 4) is 10.8 Å². The van der Waals surface area contributed by atoms with Crippen molar-refractivity contribution in [3.63, 3.8) is 0 Å². The summed E-state index contributed by atoms with van der Waals surface area (Å²) in [5, 5.41) is 2.59. The third kappa shape index (κ3) is 2.36. The van der Waals surface area contributed by atoms with Crippen LogP contribution in [0.1, 0.15) is 35.5 Å². The quantitative estimate of drug-likeness (QED) is 0.854. The normalized spacial score (nSPS) is 24.5. The van der Waals surface area contributed by atoms with Crippen LogP contribution in [-0.4, -0.2) is 41.1 Å². The number of aromatic nitrogens is 1. The van der Waals surface area contributed by atoms with Gasteiger partial charge in [-0.15, -0.1) is 11.3 Å². The smallest absolute Gasteiger partial charge is 0.273 e. The van der Waals surface area contributed by atoms with Crippen LogP contribution >= 0.6 is 11.3 Å². The number of ether oxygens (including phenoxy) is 1. The first-order valence-electron chi connectivity index (χ1n) is 7.67. The minimum atomic E-state index is 0.0194. The summed E-state index contributed by atoms with van der Waals surface area (Å²) >= 11 is 1.45. The summed E-state index contributed by atoms with van der Waals surface area (Å²) in [5.74, 6) is 1.59. The van der Waals surface area contributed by atoms with Gasteiger partial charge in [-0.3, -0.25) is 4.79 Å². The molecule has 2 aliphatic rings. The lowest BCUT2D eigenvalue weighted by molar-refractivity contribution is -0.0447. The zero-order chi connectivity index (χ0) is 15.1. The largest absolute Gasteiger partial charge is 0.459 e. The van der Waals surface area contributed by atoms with E-state index >= 15 is 0 Å². The van der Waals surface area contributed by atoms with Crippen LogP contribution in [0, 0.1) is 6.92 Å². The van der Waals surface area contributed by atoms with Crippen molar-refractivity contribution in [1.82, 2.24) is 9.88 Å². The van der Waals surface area contributed by atoms with Crippen molar-refractivity contribution >= 4 is 17.2 Å². The van der Waals surface area contributed by atoms with E-state index in [0.717, 1.165) is 35.8 Å². The number of carbonyl (C=O) groups is 1. The van der Waals surface area contributed by atoms with Crippen molar-refractivity contribution in [2.45, 2.75) is 38.3 Å². The van der Waals surface area contributed by atoms with Crippen molar-refractivity contribution in [1.29, 1.82) is 0 Å². The maximum absolute atomic E-state index is 12.8. The predicted molar refractivity (Wildman–Crippen MR) is 83.0 cm³/mol. The van der Waals surface area contributed by atoms with Gasteiger partial charge in [0, 0.05) is 11.9 Å². The molecule has 0 aromatic carbocycles. The maximum Gasteiger partial charge on any atom is 0.273 e. The topological polar surface area (TPSA) is 55.6 Å². The van der Waals surface area contributed by atoms with Gasteiger partial charge in [-0.25, -0.2) is 4.98 Å². The Labute approximate surface area is 132 Å².